The van der Waals surface area contributed by atoms with Crippen LogP contribution in [0.25, 0.3) is 0 Å². The Balaban J connectivity index is 2.39. The third-order valence-corrected chi connectivity index (χ3v) is 3.98. The smallest absolute Gasteiger partial charge is 0.408 e. The molecule has 0 spiro atoms. The number of nitrogens with one attached hydrogen (secondary N) is 1. The molecule has 0 bridgehead atoms. The molecular weight excluding hydrogens is 336 g/mol. The van der Waals surface area contributed by atoms with Crippen molar-refractivity contribution < 1.29 is 24.6 Å². The van der Waals surface area contributed by atoms with Gasteiger partial charge in [0.2, 0.25) is 5.91 Å². The fourth-order valence-corrected chi connectivity index (χ4v) is 2.66. The van der Waals surface area contributed by atoms with Gasteiger partial charge in [-0.25, -0.2) is 9.59 Å². The maximum atomic E-state index is 11.8. The lowest BCUT2D eigenvalue weighted by Crippen LogP contribution is -2.46. The zero-order valence-electron chi connectivity index (χ0n) is 15.4. The van der Waals surface area contributed by atoms with Crippen molar-refractivity contribution in [2.45, 2.75) is 45.6 Å². The Morgan fingerprint density at radius 2 is 1.77 bits per heavy atom. The summed E-state index contributed by atoms with van der Waals surface area (Å²) in [4.78, 5) is 35.5. The Bertz CT molecular complexity index is 589. The van der Waals surface area contributed by atoms with Gasteiger partial charge < -0.3 is 15.5 Å². The minimum Gasteiger partial charge on any atom is -0.480 e. The van der Waals surface area contributed by atoms with Gasteiger partial charge in [-0.3, -0.25) is 9.69 Å². The zero-order valence-corrected chi connectivity index (χ0v) is 15.4. The van der Waals surface area contributed by atoms with E-state index in [0.717, 1.165) is 10.5 Å². The van der Waals surface area contributed by atoms with Gasteiger partial charge in [0, 0.05) is 19.5 Å². The van der Waals surface area contributed by atoms with Crippen LogP contribution in [-0.4, -0.2) is 52.2 Å². The van der Waals surface area contributed by atoms with Crippen molar-refractivity contribution >= 4 is 18.0 Å². The number of carbonyl (C=O) groups is 3. The first-order valence-corrected chi connectivity index (χ1v) is 8.84. The molecule has 0 aliphatic heterocycles. The molecule has 2 amide bonds. The van der Waals surface area contributed by atoms with E-state index < -0.39 is 18.1 Å². The summed E-state index contributed by atoms with van der Waals surface area (Å²) in [6.07, 6.45) is 0.366. The van der Waals surface area contributed by atoms with Gasteiger partial charge in [-0.1, -0.05) is 44.2 Å². The molecule has 144 valence electrons. The highest BCUT2D eigenvalue weighted by atomic mass is 16.4. The molecule has 0 fully saturated rings. The van der Waals surface area contributed by atoms with Gasteiger partial charge in [0.15, 0.2) is 0 Å². The summed E-state index contributed by atoms with van der Waals surface area (Å²) in [6.45, 7) is 4.08. The Morgan fingerprint density at radius 1 is 1.12 bits per heavy atom. The van der Waals surface area contributed by atoms with Crippen LogP contribution < -0.4 is 5.32 Å². The number of hydrogen-bond acceptors (Lipinski definition) is 3. The summed E-state index contributed by atoms with van der Waals surface area (Å²) in [5.74, 6) is -1.18. The van der Waals surface area contributed by atoms with Gasteiger partial charge in [0.05, 0.1) is 0 Å². The van der Waals surface area contributed by atoms with Crippen LogP contribution in [0.2, 0.25) is 0 Å². The molecule has 3 N–H and O–H groups in total. The molecule has 0 aliphatic rings. The molecule has 0 aromatic heterocycles. The van der Waals surface area contributed by atoms with E-state index in [2.05, 4.69) is 5.32 Å². The van der Waals surface area contributed by atoms with E-state index in [4.69, 9.17) is 0 Å². The summed E-state index contributed by atoms with van der Waals surface area (Å²) in [5, 5.41) is 21.3. The molecule has 7 nitrogen and oxygen atoms in total. The van der Waals surface area contributed by atoms with E-state index in [9.17, 15) is 24.6 Å². The molecule has 1 rings (SSSR count). The highest BCUT2D eigenvalue weighted by molar-refractivity contribution is 5.79. The maximum absolute atomic E-state index is 11.8. The van der Waals surface area contributed by atoms with E-state index in [1.165, 1.54) is 0 Å². The van der Waals surface area contributed by atoms with Gasteiger partial charge in [0.1, 0.15) is 6.04 Å². The molecule has 1 aromatic carbocycles. The Morgan fingerprint density at radius 3 is 2.31 bits per heavy atom. The summed E-state index contributed by atoms with van der Waals surface area (Å²) >= 11 is 0. The van der Waals surface area contributed by atoms with Crippen LogP contribution in [0.5, 0.6) is 0 Å². The Kier molecular flexibility index (Phi) is 9.19. The molecule has 1 aromatic rings. The number of amides is 2. The monoisotopic (exact) mass is 364 g/mol. The third kappa shape index (κ3) is 8.00. The fourth-order valence-electron chi connectivity index (χ4n) is 2.66. The van der Waals surface area contributed by atoms with Crippen molar-refractivity contribution in [2.75, 3.05) is 13.1 Å². The van der Waals surface area contributed by atoms with Crippen LogP contribution in [0.4, 0.5) is 4.79 Å². The lowest BCUT2D eigenvalue weighted by atomic mass is 10.0. The fraction of sp³-hybridized carbons (Fsp3) is 0.526. The first-order valence-electron chi connectivity index (χ1n) is 8.84. The molecule has 0 saturated heterocycles. The SMILES string of the molecule is CC(C)C[C@@H](C(=O)O)N(CCCNC(=O)CCc1ccccc1)C(=O)O. The van der Waals surface area contributed by atoms with E-state index in [-0.39, 0.29) is 24.8 Å². The van der Waals surface area contributed by atoms with E-state index in [1.807, 2.05) is 44.2 Å². The van der Waals surface area contributed by atoms with Gasteiger partial charge in [-0.05, 0) is 30.7 Å². The second-order valence-electron chi connectivity index (χ2n) is 6.65. The molecule has 0 saturated carbocycles. The van der Waals surface area contributed by atoms with Crippen molar-refractivity contribution in [1.82, 2.24) is 10.2 Å². The molecule has 0 aliphatic carbocycles. The molecule has 7 heteroatoms. The van der Waals surface area contributed by atoms with Crippen molar-refractivity contribution in [2.24, 2.45) is 5.92 Å². The van der Waals surface area contributed by atoms with Gasteiger partial charge in [-0.2, -0.15) is 0 Å². The average molecular weight is 364 g/mol. The van der Waals surface area contributed by atoms with E-state index in [0.29, 0.717) is 25.8 Å². The second kappa shape index (κ2) is 11.1. The largest absolute Gasteiger partial charge is 0.480 e. The Labute approximate surface area is 154 Å². The van der Waals surface area contributed by atoms with Crippen LogP contribution in [0.1, 0.15) is 38.7 Å². The molecule has 1 atom stereocenters. The van der Waals surface area contributed by atoms with Gasteiger partial charge >= 0.3 is 12.1 Å². The maximum Gasteiger partial charge on any atom is 0.408 e. The van der Waals surface area contributed by atoms with Crippen molar-refractivity contribution in [3.8, 4) is 0 Å². The van der Waals surface area contributed by atoms with Gasteiger partial charge in [0.25, 0.3) is 0 Å². The van der Waals surface area contributed by atoms with Gasteiger partial charge in [-0.15, -0.1) is 0 Å². The number of carboxylic acid groups (broad SMARTS) is 2. The number of carbonyl (C=O) groups excluding carboxylic acids is 1. The minimum absolute atomic E-state index is 0.0654. The first-order chi connectivity index (χ1) is 12.3. The summed E-state index contributed by atoms with van der Waals surface area (Å²) in [7, 11) is 0. The van der Waals surface area contributed by atoms with Crippen LogP contribution in [0.15, 0.2) is 30.3 Å². The number of carboxylic acids is 1. The predicted octanol–water partition coefficient (Wildman–Crippen LogP) is 2.60. The summed E-state index contributed by atoms with van der Waals surface area (Å²) in [6, 6.07) is 8.60. The number of rotatable bonds is 11. The predicted molar refractivity (Wildman–Crippen MR) is 98.0 cm³/mol. The molecule has 0 unspecified atom stereocenters. The van der Waals surface area contributed by atoms with Crippen LogP contribution in [0.3, 0.4) is 0 Å². The highest BCUT2D eigenvalue weighted by Crippen LogP contribution is 2.13. The van der Waals surface area contributed by atoms with Crippen LogP contribution in [-0.2, 0) is 16.0 Å². The number of aryl methyl sites for hydroxylation is 1. The standard InChI is InChI=1S/C19H28N2O5/c1-14(2)13-16(18(23)24)21(19(25)26)12-6-11-20-17(22)10-9-15-7-4-3-5-8-15/h3-5,7-8,14,16H,6,9-13H2,1-2H3,(H,20,22)(H,23,24)(H,25,26)/t16-/m0/s1. The summed E-state index contributed by atoms with van der Waals surface area (Å²) < 4.78 is 0. The number of aliphatic carboxylic acids is 1. The third-order valence-electron chi connectivity index (χ3n) is 3.98. The van der Waals surface area contributed by atoms with Crippen molar-refractivity contribution in [3.05, 3.63) is 35.9 Å². The lowest BCUT2D eigenvalue weighted by molar-refractivity contribution is -0.143. The van der Waals surface area contributed by atoms with Crippen molar-refractivity contribution in [1.29, 1.82) is 0 Å². The lowest BCUT2D eigenvalue weighted by Gasteiger charge is -2.27. The Hall–Kier alpha value is -2.57. The molecule has 0 radical (unpaired) electrons. The molecular formula is C19H28N2O5. The average Bonchev–Trinajstić information content (AvgIpc) is 2.58. The topological polar surface area (TPSA) is 107 Å². The number of nitrogens with zero attached hydrogens (tertiary/aromatic N) is 1. The minimum atomic E-state index is -1.26. The first kappa shape index (κ1) is 21.5. The van der Waals surface area contributed by atoms with Crippen LogP contribution in [0, 0.1) is 5.92 Å². The quantitative estimate of drug-likeness (QED) is 0.523. The number of hydrogen-bond donors (Lipinski definition) is 3. The highest BCUT2D eigenvalue weighted by Gasteiger charge is 2.29. The van der Waals surface area contributed by atoms with Crippen molar-refractivity contribution in [3.63, 3.8) is 0 Å². The molecule has 0 heterocycles. The van der Waals surface area contributed by atoms with E-state index >= 15 is 0 Å². The molecule has 26 heavy (non-hydrogen) atoms. The summed E-state index contributed by atoms with van der Waals surface area (Å²) in [5.41, 5.74) is 1.08. The zero-order chi connectivity index (χ0) is 19.5. The van der Waals surface area contributed by atoms with Crippen LogP contribution >= 0.6 is 0 Å². The normalized spacial score (nSPS) is 11.8. The second-order valence-corrected chi connectivity index (χ2v) is 6.65. The van der Waals surface area contributed by atoms with E-state index in [1.54, 1.807) is 0 Å². The number of benzene rings is 1.